The maximum Gasteiger partial charge on any atom is 0.322 e. The predicted molar refractivity (Wildman–Crippen MR) is 58.6 cm³/mol. The van der Waals surface area contributed by atoms with Gasteiger partial charge in [0.05, 0.1) is 6.42 Å². The molecule has 1 aromatic heterocycles. The van der Waals surface area contributed by atoms with Gasteiger partial charge in [0.1, 0.15) is 12.4 Å². The maximum atomic E-state index is 11.5. The second kappa shape index (κ2) is 5.78. The van der Waals surface area contributed by atoms with E-state index in [2.05, 4.69) is 15.3 Å². The molecule has 7 heteroatoms. The molecule has 0 radical (unpaired) electrons. The van der Waals surface area contributed by atoms with Crippen molar-refractivity contribution in [2.75, 3.05) is 6.54 Å². The first-order valence-corrected chi connectivity index (χ1v) is 5.08. The Morgan fingerprint density at radius 1 is 1.53 bits per heavy atom. The molecule has 7 nitrogen and oxygen atoms in total. The second-order valence-corrected chi connectivity index (χ2v) is 3.39. The van der Waals surface area contributed by atoms with Crippen LogP contribution in [0.5, 0.6) is 0 Å². The van der Waals surface area contributed by atoms with Crippen molar-refractivity contribution in [3.63, 3.8) is 0 Å². The number of rotatable bonds is 5. The summed E-state index contributed by atoms with van der Waals surface area (Å²) in [5, 5.41) is 10.5. The molecule has 1 rings (SSSR count). The van der Waals surface area contributed by atoms with Crippen LogP contribution in [0.4, 0.5) is 0 Å². The number of amides is 1. The molecule has 0 aliphatic heterocycles. The van der Waals surface area contributed by atoms with Crippen LogP contribution >= 0.6 is 0 Å². The Balaban J connectivity index is 2.66. The summed E-state index contributed by atoms with van der Waals surface area (Å²) in [7, 11) is 0. The van der Waals surface area contributed by atoms with Crippen LogP contribution in [0.25, 0.3) is 0 Å². The molecule has 1 heterocycles. The third-order valence-electron chi connectivity index (χ3n) is 2.05. The maximum absolute atomic E-state index is 11.5. The number of aromatic nitrogens is 2. The zero-order valence-corrected chi connectivity index (χ0v) is 9.32. The molecule has 0 atom stereocenters. The number of hydrogen-bond donors (Lipinski definition) is 3. The Morgan fingerprint density at radius 3 is 2.76 bits per heavy atom. The van der Waals surface area contributed by atoms with E-state index in [1.54, 1.807) is 0 Å². The van der Waals surface area contributed by atoms with Crippen LogP contribution < -0.4 is 10.9 Å². The molecule has 0 saturated heterocycles. The number of hydrogen-bond acceptors (Lipinski definition) is 4. The highest BCUT2D eigenvalue weighted by Gasteiger charge is 2.09. The van der Waals surface area contributed by atoms with Gasteiger partial charge in [-0.25, -0.2) is 4.98 Å². The van der Waals surface area contributed by atoms with Gasteiger partial charge in [0.15, 0.2) is 0 Å². The van der Waals surface area contributed by atoms with E-state index in [1.165, 1.54) is 6.20 Å². The van der Waals surface area contributed by atoms with E-state index in [-0.39, 0.29) is 17.5 Å². The summed E-state index contributed by atoms with van der Waals surface area (Å²) < 4.78 is 0. The number of carbonyl (C=O) groups excluding carboxylic acids is 1. The lowest BCUT2D eigenvalue weighted by Crippen LogP contribution is -2.32. The summed E-state index contributed by atoms with van der Waals surface area (Å²) in [5.41, 5.74) is -0.160. The van der Waals surface area contributed by atoms with Crippen molar-refractivity contribution >= 4 is 11.9 Å². The first-order chi connectivity index (χ1) is 8.02. The smallest absolute Gasteiger partial charge is 0.322 e. The Bertz CT molecular complexity index is 481. The number of aromatic amines is 1. The molecule has 0 bridgehead atoms. The van der Waals surface area contributed by atoms with Crippen molar-refractivity contribution < 1.29 is 14.7 Å². The SMILES string of the molecule is CCc1ncc(CC(=O)NCC(=O)O)c(=O)[nH]1. The number of carboxylic acids is 1. The average Bonchev–Trinajstić information content (AvgIpc) is 2.29. The van der Waals surface area contributed by atoms with Crippen LogP contribution in [0, 0.1) is 0 Å². The summed E-state index contributed by atoms with van der Waals surface area (Å²) in [4.78, 5) is 39.4. The van der Waals surface area contributed by atoms with Crippen molar-refractivity contribution in [3.8, 4) is 0 Å². The molecule has 3 N–H and O–H groups in total. The summed E-state index contributed by atoms with van der Waals surface area (Å²) in [6.45, 7) is 1.38. The molecule has 0 unspecified atom stereocenters. The van der Waals surface area contributed by atoms with E-state index in [4.69, 9.17) is 5.11 Å². The van der Waals surface area contributed by atoms with E-state index in [1.807, 2.05) is 6.92 Å². The highest BCUT2D eigenvalue weighted by Crippen LogP contribution is 1.92. The van der Waals surface area contributed by atoms with Crippen LogP contribution in [0.3, 0.4) is 0 Å². The predicted octanol–water partition coefficient (Wildman–Crippen LogP) is -0.924. The molecule has 0 fully saturated rings. The van der Waals surface area contributed by atoms with Crippen LogP contribution in [-0.2, 0) is 22.4 Å². The molecule has 92 valence electrons. The van der Waals surface area contributed by atoms with Gasteiger partial charge in [0.2, 0.25) is 5.91 Å². The van der Waals surface area contributed by atoms with Gasteiger partial charge in [0.25, 0.3) is 5.56 Å². The fraction of sp³-hybridized carbons (Fsp3) is 0.400. The van der Waals surface area contributed by atoms with Crippen LogP contribution in [0.15, 0.2) is 11.0 Å². The first kappa shape index (κ1) is 12.9. The zero-order valence-electron chi connectivity index (χ0n) is 9.32. The minimum atomic E-state index is -1.13. The van der Waals surface area contributed by atoms with E-state index < -0.39 is 18.4 Å². The Morgan fingerprint density at radius 2 is 2.24 bits per heavy atom. The standard InChI is InChI=1S/C10H13N3O4/c1-2-7-11-4-6(10(17)13-7)3-8(14)12-5-9(15)16/h4H,2-3,5H2,1H3,(H,12,14)(H,15,16)(H,11,13,17). The van der Waals surface area contributed by atoms with Crippen LogP contribution in [-0.4, -0.2) is 33.5 Å². The fourth-order valence-electron chi connectivity index (χ4n) is 1.17. The normalized spacial score (nSPS) is 9.94. The van der Waals surface area contributed by atoms with Crippen molar-refractivity contribution in [3.05, 3.63) is 27.9 Å². The number of H-pyrrole nitrogens is 1. The molecule has 17 heavy (non-hydrogen) atoms. The van der Waals surface area contributed by atoms with Gasteiger partial charge in [-0.1, -0.05) is 6.92 Å². The first-order valence-electron chi connectivity index (χ1n) is 5.08. The molecular formula is C10H13N3O4. The lowest BCUT2D eigenvalue weighted by Gasteiger charge is -2.02. The third kappa shape index (κ3) is 4.06. The van der Waals surface area contributed by atoms with Crippen LogP contribution in [0.1, 0.15) is 18.3 Å². The minimum Gasteiger partial charge on any atom is -0.480 e. The van der Waals surface area contributed by atoms with E-state index in [0.29, 0.717) is 12.2 Å². The number of nitrogens with zero attached hydrogens (tertiary/aromatic N) is 1. The number of nitrogens with one attached hydrogen (secondary N) is 2. The quantitative estimate of drug-likeness (QED) is 0.615. The van der Waals surface area contributed by atoms with Gasteiger partial charge in [-0.2, -0.15) is 0 Å². The average molecular weight is 239 g/mol. The zero-order chi connectivity index (χ0) is 12.8. The van der Waals surface area contributed by atoms with Gasteiger partial charge < -0.3 is 15.4 Å². The molecule has 0 aliphatic carbocycles. The molecule has 0 spiro atoms. The lowest BCUT2D eigenvalue weighted by atomic mass is 10.2. The highest BCUT2D eigenvalue weighted by molar-refractivity contribution is 5.82. The second-order valence-electron chi connectivity index (χ2n) is 3.39. The number of aryl methyl sites for hydroxylation is 1. The number of carboxylic acid groups (broad SMARTS) is 1. The molecule has 1 amide bonds. The lowest BCUT2D eigenvalue weighted by molar-refractivity contribution is -0.137. The molecule has 0 aliphatic rings. The summed E-state index contributed by atoms with van der Waals surface area (Å²) in [5.74, 6) is -1.11. The fourth-order valence-corrected chi connectivity index (χ4v) is 1.17. The number of carbonyl (C=O) groups is 2. The Kier molecular flexibility index (Phi) is 4.38. The van der Waals surface area contributed by atoms with E-state index in [0.717, 1.165) is 0 Å². The number of aliphatic carboxylic acids is 1. The van der Waals surface area contributed by atoms with Gasteiger partial charge in [-0.3, -0.25) is 14.4 Å². The van der Waals surface area contributed by atoms with Crippen LogP contribution in [0.2, 0.25) is 0 Å². The van der Waals surface area contributed by atoms with Gasteiger partial charge in [-0.15, -0.1) is 0 Å². The summed E-state index contributed by atoms with van der Waals surface area (Å²) in [6.07, 6.45) is 1.75. The summed E-state index contributed by atoms with van der Waals surface area (Å²) in [6, 6.07) is 0. The van der Waals surface area contributed by atoms with Gasteiger partial charge in [-0.05, 0) is 0 Å². The van der Waals surface area contributed by atoms with Crippen molar-refractivity contribution in [2.45, 2.75) is 19.8 Å². The molecule has 0 saturated carbocycles. The van der Waals surface area contributed by atoms with Crippen molar-refractivity contribution in [1.29, 1.82) is 0 Å². The van der Waals surface area contributed by atoms with Crippen molar-refractivity contribution in [2.24, 2.45) is 0 Å². The highest BCUT2D eigenvalue weighted by atomic mass is 16.4. The monoisotopic (exact) mass is 239 g/mol. The van der Waals surface area contributed by atoms with Gasteiger partial charge in [0, 0.05) is 18.2 Å². The van der Waals surface area contributed by atoms with E-state index in [9.17, 15) is 14.4 Å². The minimum absolute atomic E-state index is 0.181. The van der Waals surface area contributed by atoms with Gasteiger partial charge >= 0.3 is 5.97 Å². The van der Waals surface area contributed by atoms with E-state index >= 15 is 0 Å². The Labute approximate surface area is 96.9 Å². The largest absolute Gasteiger partial charge is 0.480 e. The Hall–Kier alpha value is -2.18. The molecule has 1 aromatic rings. The molecule has 0 aromatic carbocycles. The topological polar surface area (TPSA) is 112 Å². The molecular weight excluding hydrogens is 226 g/mol. The van der Waals surface area contributed by atoms with Crippen molar-refractivity contribution in [1.82, 2.24) is 15.3 Å². The summed E-state index contributed by atoms with van der Waals surface area (Å²) >= 11 is 0. The third-order valence-corrected chi connectivity index (χ3v) is 2.05.